The van der Waals surface area contributed by atoms with E-state index in [9.17, 15) is 39.9 Å². The van der Waals surface area contributed by atoms with Crippen molar-refractivity contribution >= 4 is 17.9 Å². The minimum absolute atomic E-state index is 0.00554. The van der Waals surface area contributed by atoms with Gasteiger partial charge in [-0.1, -0.05) is 34.6 Å². The van der Waals surface area contributed by atoms with Gasteiger partial charge in [0.25, 0.3) is 0 Å². The predicted molar refractivity (Wildman–Crippen MR) is 184 cm³/mol. The molecule has 4 aliphatic carbocycles. The molecule has 13 nitrogen and oxygen atoms in total. The highest BCUT2D eigenvalue weighted by molar-refractivity contribution is 5.79. The van der Waals surface area contributed by atoms with Crippen LogP contribution in [0.4, 0.5) is 0 Å². The van der Waals surface area contributed by atoms with E-state index in [0.29, 0.717) is 38.1 Å². The van der Waals surface area contributed by atoms with Gasteiger partial charge in [0.05, 0.1) is 29.1 Å². The lowest BCUT2D eigenvalue weighted by Gasteiger charge is -2.64. The first-order valence-electron chi connectivity index (χ1n) is 19.7. The fraction of sp³-hybridized carbons (Fsp3) is 0.923. The van der Waals surface area contributed by atoms with E-state index < -0.39 is 111 Å². The Bertz CT molecular complexity index is 1470. The second-order valence-corrected chi connectivity index (χ2v) is 18.6. The highest BCUT2D eigenvalue weighted by Gasteiger charge is 2.87. The standard InChI is InChI=1S/C39H61NO12/c1-9-20(4)32(43)50-27-13-14-34(6)25-15-24(49-21(5)41)30-37(34,52-39(25,27)48)16-23-22-18-40-17-19(3)11-12-26(40)36(8,46)28(22)29(42)31(38(23,30)47)51-33(44)35(7,45)10-2/h19-20,22-31,42,45-48H,9-18H2,1-8H3/t19-,20-,22-,23-,24+,25+,26-,27-,28+,29+,30+,31-,34-,35+,36+,37+,38-,39+/m0/s1. The summed E-state index contributed by atoms with van der Waals surface area (Å²) in [5.74, 6) is -7.97. The maximum Gasteiger partial charge on any atom is 0.338 e. The summed E-state index contributed by atoms with van der Waals surface area (Å²) in [5, 5.41) is 62.4. The van der Waals surface area contributed by atoms with Crippen LogP contribution in [0, 0.1) is 46.8 Å². The van der Waals surface area contributed by atoms with Gasteiger partial charge in [0.15, 0.2) is 17.8 Å². The molecular formula is C39H61NO12. The first-order chi connectivity index (χ1) is 24.1. The molecule has 52 heavy (non-hydrogen) atoms. The molecule has 3 aliphatic heterocycles. The SMILES string of the molecule is CC[C@H](C)C(=O)O[C@H]1CC[C@@]2(C)[C@H]3C[C@@H](OC(C)=O)[C@H]4[C@@]5(O)[C@@H](C[C@@]42O[C@@]13O)[C@@H]1CN2C[C@@H](C)CC[C@H]2[C@@](C)(O)[C@H]1[C@@H](O)[C@@H]5OC(=O)[C@](C)(O)CC. The largest absolute Gasteiger partial charge is 0.462 e. The second kappa shape index (κ2) is 12.3. The summed E-state index contributed by atoms with van der Waals surface area (Å²) in [5.41, 5.74) is -7.68. The number of piperidine rings is 2. The summed E-state index contributed by atoms with van der Waals surface area (Å²) < 4.78 is 25.2. The van der Waals surface area contributed by atoms with Gasteiger partial charge in [-0.15, -0.1) is 0 Å². The molecule has 7 fully saturated rings. The minimum Gasteiger partial charge on any atom is -0.462 e. The molecule has 0 aromatic heterocycles. The summed E-state index contributed by atoms with van der Waals surface area (Å²) in [7, 11) is 0. The van der Waals surface area contributed by atoms with Crippen molar-refractivity contribution in [2.45, 2.75) is 165 Å². The molecule has 13 heteroatoms. The van der Waals surface area contributed by atoms with Crippen LogP contribution in [0.1, 0.15) is 107 Å². The van der Waals surface area contributed by atoms with Gasteiger partial charge in [-0.2, -0.15) is 0 Å². The lowest BCUT2D eigenvalue weighted by molar-refractivity contribution is -0.301. The molecule has 3 saturated heterocycles. The van der Waals surface area contributed by atoms with Crippen molar-refractivity contribution in [2.75, 3.05) is 13.1 Å². The summed E-state index contributed by atoms with van der Waals surface area (Å²) in [6.45, 7) is 14.9. The van der Waals surface area contributed by atoms with E-state index in [4.69, 9.17) is 18.9 Å². The molecule has 0 aromatic rings. The molecule has 7 rings (SSSR count). The number of hydrogen-bond acceptors (Lipinski definition) is 13. The van der Waals surface area contributed by atoms with Crippen molar-refractivity contribution < 1.29 is 58.9 Å². The van der Waals surface area contributed by atoms with Crippen LogP contribution in [-0.2, 0) is 33.3 Å². The highest BCUT2D eigenvalue weighted by Crippen LogP contribution is 2.77. The first kappa shape index (κ1) is 38.4. The molecule has 1 spiro atoms. The molecular weight excluding hydrogens is 674 g/mol. The van der Waals surface area contributed by atoms with Crippen molar-refractivity contribution in [1.29, 1.82) is 0 Å². The Morgan fingerprint density at radius 3 is 2.37 bits per heavy atom. The molecule has 0 radical (unpaired) electrons. The maximum atomic E-state index is 13.8. The Morgan fingerprint density at radius 1 is 1.04 bits per heavy atom. The van der Waals surface area contributed by atoms with Crippen LogP contribution in [0.25, 0.3) is 0 Å². The van der Waals surface area contributed by atoms with Gasteiger partial charge in [0, 0.05) is 43.3 Å². The predicted octanol–water partition coefficient (Wildman–Crippen LogP) is 2.07. The van der Waals surface area contributed by atoms with Crippen molar-refractivity contribution in [3.63, 3.8) is 0 Å². The van der Waals surface area contributed by atoms with E-state index in [1.54, 1.807) is 20.8 Å². The molecule has 294 valence electrons. The van der Waals surface area contributed by atoms with Gasteiger partial charge in [0.2, 0.25) is 5.79 Å². The van der Waals surface area contributed by atoms with E-state index in [1.807, 2.05) is 13.8 Å². The van der Waals surface area contributed by atoms with Gasteiger partial charge in [-0.3, -0.25) is 14.5 Å². The van der Waals surface area contributed by atoms with E-state index in [-0.39, 0.29) is 25.3 Å². The zero-order valence-electron chi connectivity index (χ0n) is 32.0. The molecule has 3 heterocycles. The fourth-order valence-corrected chi connectivity index (χ4v) is 12.8. The number of nitrogens with zero attached hydrogens (tertiary/aromatic N) is 1. The number of ether oxygens (including phenoxy) is 4. The number of esters is 3. The molecule has 18 atom stereocenters. The van der Waals surface area contributed by atoms with Crippen LogP contribution in [-0.4, -0.2) is 120 Å². The third-order valence-corrected chi connectivity index (χ3v) is 15.7. The Balaban J connectivity index is 1.40. The number of carbonyl (C=O) groups excluding carboxylic acids is 3. The Hall–Kier alpha value is -1.87. The third-order valence-electron chi connectivity index (χ3n) is 15.7. The number of aliphatic hydroxyl groups is 5. The molecule has 0 aromatic carbocycles. The topological polar surface area (TPSA) is 193 Å². The van der Waals surface area contributed by atoms with Crippen LogP contribution < -0.4 is 0 Å². The lowest BCUT2D eigenvalue weighted by Crippen LogP contribution is -2.77. The molecule has 0 amide bonds. The average Bonchev–Trinajstić information content (AvgIpc) is 3.34. The van der Waals surface area contributed by atoms with E-state index in [0.717, 1.165) is 13.0 Å². The van der Waals surface area contributed by atoms with Gasteiger partial charge in [0.1, 0.15) is 11.7 Å². The Kier molecular flexibility index (Phi) is 9.10. The highest BCUT2D eigenvalue weighted by atomic mass is 16.7. The summed E-state index contributed by atoms with van der Waals surface area (Å²) in [4.78, 5) is 42.0. The van der Waals surface area contributed by atoms with E-state index in [2.05, 4.69) is 11.8 Å². The number of fused-ring (bicyclic) bond motifs is 5. The Morgan fingerprint density at radius 2 is 1.73 bits per heavy atom. The lowest BCUT2D eigenvalue weighted by atomic mass is 9.49. The van der Waals surface area contributed by atoms with Gasteiger partial charge >= 0.3 is 17.9 Å². The maximum absolute atomic E-state index is 13.8. The smallest absolute Gasteiger partial charge is 0.338 e. The van der Waals surface area contributed by atoms with Crippen LogP contribution in [0.3, 0.4) is 0 Å². The van der Waals surface area contributed by atoms with Crippen molar-refractivity contribution in [2.24, 2.45) is 46.8 Å². The minimum atomic E-state index is -2.09. The fourth-order valence-electron chi connectivity index (χ4n) is 12.8. The molecule has 4 bridgehead atoms. The zero-order chi connectivity index (χ0) is 38.1. The average molecular weight is 736 g/mol. The van der Waals surface area contributed by atoms with E-state index in [1.165, 1.54) is 13.8 Å². The molecule has 5 N–H and O–H groups in total. The van der Waals surface area contributed by atoms with Crippen LogP contribution >= 0.6 is 0 Å². The van der Waals surface area contributed by atoms with Crippen molar-refractivity contribution in [3.05, 3.63) is 0 Å². The van der Waals surface area contributed by atoms with E-state index >= 15 is 0 Å². The van der Waals surface area contributed by atoms with Crippen molar-refractivity contribution in [1.82, 2.24) is 4.90 Å². The van der Waals surface area contributed by atoms with Gasteiger partial charge in [-0.25, -0.2) is 4.79 Å². The van der Waals surface area contributed by atoms with Gasteiger partial charge in [-0.05, 0) is 83.0 Å². The van der Waals surface area contributed by atoms with Crippen LogP contribution in [0.2, 0.25) is 0 Å². The normalized spacial score (nSPS) is 52.2. The van der Waals surface area contributed by atoms with Crippen LogP contribution in [0.5, 0.6) is 0 Å². The van der Waals surface area contributed by atoms with Crippen LogP contribution in [0.15, 0.2) is 0 Å². The molecule has 0 unspecified atom stereocenters. The summed E-state index contributed by atoms with van der Waals surface area (Å²) in [6, 6.07) is -0.276. The quantitative estimate of drug-likeness (QED) is 0.189. The number of rotatable bonds is 7. The monoisotopic (exact) mass is 735 g/mol. The Labute approximate surface area is 306 Å². The molecule has 4 saturated carbocycles. The summed E-state index contributed by atoms with van der Waals surface area (Å²) in [6.07, 6.45) is -2.13. The molecule has 7 aliphatic rings. The number of carbonyl (C=O) groups is 3. The third kappa shape index (κ3) is 5.01. The zero-order valence-corrected chi connectivity index (χ0v) is 32.0. The summed E-state index contributed by atoms with van der Waals surface area (Å²) >= 11 is 0. The second-order valence-electron chi connectivity index (χ2n) is 18.6. The van der Waals surface area contributed by atoms with Crippen molar-refractivity contribution in [3.8, 4) is 0 Å². The van der Waals surface area contributed by atoms with Gasteiger partial charge < -0.3 is 44.5 Å². The number of aliphatic hydroxyl groups excluding tert-OH is 1. The first-order valence-corrected chi connectivity index (χ1v) is 19.7. The number of hydrogen-bond donors (Lipinski definition) is 5.